The van der Waals surface area contributed by atoms with Gasteiger partial charge in [-0.3, -0.25) is 4.79 Å². The first-order valence-electron chi connectivity index (χ1n) is 7.69. The number of hydrogen-bond donors (Lipinski definition) is 2. The van der Waals surface area contributed by atoms with E-state index in [1.807, 2.05) is 24.3 Å². The predicted molar refractivity (Wildman–Crippen MR) is 89.9 cm³/mol. The molecule has 2 aliphatic rings. The average molecular weight is 329 g/mol. The lowest BCUT2D eigenvalue weighted by Gasteiger charge is -2.27. The number of carbonyl (C=O) groups is 1. The quantitative estimate of drug-likeness (QED) is 0.910. The second-order valence-electron chi connectivity index (χ2n) is 6.13. The van der Waals surface area contributed by atoms with E-state index >= 15 is 0 Å². The lowest BCUT2D eigenvalue weighted by molar-refractivity contribution is -0.00957. The fourth-order valence-electron chi connectivity index (χ4n) is 3.33. The van der Waals surface area contributed by atoms with Crippen LogP contribution in [0.15, 0.2) is 48.5 Å². The summed E-state index contributed by atoms with van der Waals surface area (Å²) in [7, 11) is 0. The summed E-state index contributed by atoms with van der Waals surface area (Å²) in [5, 5.41) is 6.90. The van der Waals surface area contributed by atoms with Crippen molar-refractivity contribution in [2.45, 2.75) is 18.1 Å². The Balaban J connectivity index is 1.49. The summed E-state index contributed by atoms with van der Waals surface area (Å²) in [6, 6.07) is 15.3. The second-order valence-corrected chi connectivity index (χ2v) is 6.57. The molecule has 4 rings (SSSR count). The van der Waals surface area contributed by atoms with Crippen molar-refractivity contribution in [1.29, 1.82) is 0 Å². The Bertz CT molecular complexity index is 737. The zero-order chi connectivity index (χ0) is 15.9. The Morgan fingerprint density at radius 2 is 2.09 bits per heavy atom. The van der Waals surface area contributed by atoms with Crippen LogP contribution in [-0.4, -0.2) is 25.1 Å². The highest BCUT2D eigenvalue weighted by molar-refractivity contribution is 6.31. The molecule has 0 radical (unpaired) electrons. The van der Waals surface area contributed by atoms with Crippen LogP contribution in [0.2, 0.25) is 5.02 Å². The molecule has 2 fully saturated rings. The number of nitrogens with one attached hydrogen (secondary N) is 2. The van der Waals surface area contributed by atoms with Gasteiger partial charge in [-0.25, -0.2) is 0 Å². The predicted octanol–water partition coefficient (Wildman–Crippen LogP) is 3.18. The van der Waals surface area contributed by atoms with Gasteiger partial charge in [-0.1, -0.05) is 29.8 Å². The van der Waals surface area contributed by atoms with Gasteiger partial charge in [-0.05, 0) is 42.3 Å². The lowest BCUT2D eigenvalue weighted by atomic mass is 9.93. The summed E-state index contributed by atoms with van der Waals surface area (Å²) in [6.45, 7) is 1.62. The van der Waals surface area contributed by atoms with Crippen LogP contribution in [0.25, 0.3) is 0 Å². The summed E-state index contributed by atoms with van der Waals surface area (Å²) >= 11 is 5.92. The molecule has 0 aliphatic carbocycles. The van der Waals surface area contributed by atoms with Gasteiger partial charge in [-0.15, -0.1) is 0 Å². The molecule has 2 heterocycles. The van der Waals surface area contributed by atoms with Crippen molar-refractivity contribution in [3.63, 3.8) is 0 Å². The van der Waals surface area contributed by atoms with Crippen molar-refractivity contribution < 1.29 is 9.53 Å². The fraction of sp³-hybridized carbons (Fsp3) is 0.278. The highest BCUT2D eigenvalue weighted by Gasteiger charge is 2.47. The number of amides is 1. The van der Waals surface area contributed by atoms with Crippen LogP contribution in [0.1, 0.15) is 22.3 Å². The fourth-order valence-corrected chi connectivity index (χ4v) is 3.52. The summed E-state index contributed by atoms with van der Waals surface area (Å²) < 4.78 is 5.96. The molecule has 2 aromatic rings. The Labute approximate surface area is 139 Å². The van der Waals surface area contributed by atoms with Crippen molar-refractivity contribution in [1.82, 2.24) is 5.32 Å². The number of benzene rings is 2. The van der Waals surface area contributed by atoms with Crippen molar-refractivity contribution in [3.8, 4) is 0 Å². The number of carbonyl (C=O) groups excluding carboxylic acids is 1. The highest BCUT2D eigenvalue weighted by Crippen LogP contribution is 2.40. The van der Waals surface area contributed by atoms with Crippen LogP contribution < -0.4 is 10.6 Å². The van der Waals surface area contributed by atoms with E-state index in [9.17, 15) is 4.79 Å². The number of fused-ring (bicyclic) bond motifs is 2. The van der Waals surface area contributed by atoms with Gasteiger partial charge < -0.3 is 15.4 Å². The van der Waals surface area contributed by atoms with Crippen LogP contribution in [0.5, 0.6) is 0 Å². The van der Waals surface area contributed by atoms with Gasteiger partial charge in [0.25, 0.3) is 5.91 Å². The molecule has 23 heavy (non-hydrogen) atoms. The van der Waals surface area contributed by atoms with Gasteiger partial charge in [-0.2, -0.15) is 0 Å². The third-order valence-electron chi connectivity index (χ3n) is 4.57. The number of morpholine rings is 1. The van der Waals surface area contributed by atoms with Gasteiger partial charge in [0.1, 0.15) is 5.60 Å². The number of hydrogen-bond acceptors (Lipinski definition) is 3. The number of rotatable bonds is 3. The van der Waals surface area contributed by atoms with E-state index in [2.05, 4.69) is 10.6 Å². The van der Waals surface area contributed by atoms with Crippen LogP contribution in [-0.2, 0) is 10.3 Å². The van der Waals surface area contributed by atoms with E-state index in [0.717, 1.165) is 30.8 Å². The molecular weight excluding hydrogens is 312 g/mol. The van der Waals surface area contributed by atoms with Gasteiger partial charge in [0.15, 0.2) is 0 Å². The van der Waals surface area contributed by atoms with E-state index in [1.54, 1.807) is 24.3 Å². The highest BCUT2D eigenvalue weighted by atomic mass is 35.5. The molecule has 4 nitrogen and oxygen atoms in total. The minimum absolute atomic E-state index is 0.168. The third kappa shape index (κ3) is 2.74. The molecule has 2 atom stereocenters. The molecule has 1 amide bonds. The zero-order valence-corrected chi connectivity index (χ0v) is 13.3. The van der Waals surface area contributed by atoms with Crippen molar-refractivity contribution >= 4 is 23.2 Å². The topological polar surface area (TPSA) is 50.4 Å². The smallest absolute Gasteiger partial charge is 0.255 e. The van der Waals surface area contributed by atoms with E-state index in [0.29, 0.717) is 16.6 Å². The van der Waals surface area contributed by atoms with Crippen molar-refractivity contribution in [2.24, 2.45) is 0 Å². The molecule has 118 valence electrons. The lowest BCUT2D eigenvalue weighted by Crippen LogP contribution is -2.37. The summed E-state index contributed by atoms with van der Waals surface area (Å²) in [5.41, 5.74) is 2.27. The number of halogens is 1. The molecule has 2 bridgehead atoms. The Morgan fingerprint density at radius 1 is 1.26 bits per heavy atom. The van der Waals surface area contributed by atoms with Crippen LogP contribution in [0.4, 0.5) is 5.69 Å². The van der Waals surface area contributed by atoms with Gasteiger partial charge in [0.05, 0.1) is 6.61 Å². The minimum Gasteiger partial charge on any atom is -0.367 e. The molecular formula is C18H17ClN2O2. The van der Waals surface area contributed by atoms with Gasteiger partial charge in [0.2, 0.25) is 0 Å². The average Bonchev–Trinajstić information content (AvgIpc) is 3.17. The SMILES string of the molecule is O=C(Nc1ccc([C@@]23CN[C@@H](CO2)C3)cc1)c1cccc(Cl)c1. The van der Waals surface area contributed by atoms with Gasteiger partial charge >= 0.3 is 0 Å². The van der Waals surface area contributed by atoms with Gasteiger partial charge in [0, 0.05) is 28.9 Å². The molecule has 0 unspecified atom stereocenters. The Morgan fingerprint density at radius 3 is 2.70 bits per heavy atom. The van der Waals surface area contributed by atoms with E-state index in [4.69, 9.17) is 16.3 Å². The monoisotopic (exact) mass is 328 g/mol. The number of anilines is 1. The number of ether oxygens (including phenoxy) is 1. The van der Waals surface area contributed by atoms with E-state index in [1.165, 1.54) is 0 Å². The normalized spacial score (nSPS) is 25.5. The Kier molecular flexibility index (Phi) is 3.60. The Hall–Kier alpha value is -1.88. The molecule has 2 aliphatic heterocycles. The molecule has 2 aromatic carbocycles. The first-order valence-corrected chi connectivity index (χ1v) is 8.07. The maximum atomic E-state index is 12.2. The molecule has 2 N–H and O–H groups in total. The third-order valence-corrected chi connectivity index (χ3v) is 4.80. The molecule has 0 aromatic heterocycles. The van der Waals surface area contributed by atoms with E-state index < -0.39 is 0 Å². The summed E-state index contributed by atoms with van der Waals surface area (Å²) in [6.07, 6.45) is 1.02. The first kappa shape index (κ1) is 14.7. The van der Waals surface area contributed by atoms with Crippen molar-refractivity contribution in [2.75, 3.05) is 18.5 Å². The largest absolute Gasteiger partial charge is 0.367 e. The summed E-state index contributed by atoms with van der Waals surface area (Å²) in [4.78, 5) is 12.2. The first-order chi connectivity index (χ1) is 11.1. The van der Waals surface area contributed by atoms with Crippen LogP contribution in [0.3, 0.4) is 0 Å². The van der Waals surface area contributed by atoms with Crippen LogP contribution >= 0.6 is 11.6 Å². The molecule has 0 saturated carbocycles. The molecule has 5 heteroatoms. The maximum absolute atomic E-state index is 12.2. The standard InChI is InChI=1S/C18H17ClN2O2/c19-14-3-1-2-12(8-14)17(22)21-15-6-4-13(5-7-15)18-9-16(10-23-18)20-11-18/h1-8,16,20H,9-11H2,(H,21,22)/t16-,18-/m1/s1. The zero-order valence-electron chi connectivity index (χ0n) is 12.5. The molecule has 0 spiro atoms. The van der Waals surface area contributed by atoms with Crippen molar-refractivity contribution in [3.05, 3.63) is 64.7 Å². The maximum Gasteiger partial charge on any atom is 0.255 e. The second kappa shape index (κ2) is 5.64. The minimum atomic E-state index is -0.194. The summed E-state index contributed by atoms with van der Waals surface area (Å²) in [5.74, 6) is -0.168. The molecule has 2 saturated heterocycles. The van der Waals surface area contributed by atoms with Crippen LogP contribution in [0, 0.1) is 0 Å². The van der Waals surface area contributed by atoms with E-state index in [-0.39, 0.29) is 11.5 Å².